The van der Waals surface area contributed by atoms with Crippen molar-refractivity contribution in [1.82, 2.24) is 20.3 Å². The zero-order valence-electron chi connectivity index (χ0n) is 24.0. The summed E-state index contributed by atoms with van der Waals surface area (Å²) in [6, 6.07) is 11.5. The Labute approximate surface area is 239 Å². The number of amides is 1. The summed E-state index contributed by atoms with van der Waals surface area (Å²) in [6.45, 7) is 12.1. The molecule has 0 unspecified atom stereocenters. The van der Waals surface area contributed by atoms with E-state index >= 15 is 0 Å². The number of hydrogen-bond donors (Lipinski definition) is 2. The maximum atomic E-state index is 14.1. The molecule has 5 rings (SSSR count). The first kappa shape index (κ1) is 28.8. The molecule has 2 N–H and O–H groups in total. The fraction of sp³-hybridized carbons (Fsp3) is 0.419. The van der Waals surface area contributed by atoms with Gasteiger partial charge in [-0.3, -0.25) is 10.2 Å². The molecule has 1 fully saturated rings. The molecule has 0 radical (unpaired) electrons. The average Bonchev–Trinajstić information content (AvgIpc) is 3.27. The summed E-state index contributed by atoms with van der Waals surface area (Å²) in [7, 11) is 0. The van der Waals surface area contributed by atoms with E-state index in [4.69, 9.17) is 14.2 Å². The number of fused-ring (bicyclic) bond motifs is 3. The van der Waals surface area contributed by atoms with Crippen molar-refractivity contribution in [2.45, 2.75) is 39.2 Å². The molecule has 0 spiro atoms. The maximum absolute atomic E-state index is 14.1. The minimum Gasteiger partial charge on any atom is -0.492 e. The normalized spacial score (nSPS) is 17.2. The second-order valence-electron chi connectivity index (χ2n) is 11.3. The van der Waals surface area contributed by atoms with Gasteiger partial charge in [0, 0.05) is 54.3 Å². The Morgan fingerprint density at radius 2 is 1.85 bits per heavy atom. The predicted molar refractivity (Wildman–Crippen MR) is 154 cm³/mol. The molecular weight excluding hydrogens is 527 g/mol. The third kappa shape index (κ3) is 6.45. The summed E-state index contributed by atoms with van der Waals surface area (Å²) in [5.74, 6) is -0.529. The molecule has 0 aliphatic carbocycles. The average molecular weight is 565 g/mol. The highest BCUT2D eigenvalue weighted by Crippen LogP contribution is 2.41. The number of halogens is 1. The van der Waals surface area contributed by atoms with Crippen LogP contribution in [0.3, 0.4) is 0 Å². The molecule has 1 saturated heterocycles. The minimum absolute atomic E-state index is 0.219. The van der Waals surface area contributed by atoms with Crippen molar-refractivity contribution in [2.75, 3.05) is 46.0 Å². The van der Waals surface area contributed by atoms with E-state index < -0.39 is 11.4 Å². The Morgan fingerprint density at radius 3 is 2.56 bits per heavy atom. The van der Waals surface area contributed by atoms with Gasteiger partial charge in [-0.1, -0.05) is 13.8 Å². The van der Waals surface area contributed by atoms with Crippen LogP contribution in [0.15, 0.2) is 48.7 Å². The van der Waals surface area contributed by atoms with E-state index in [0.29, 0.717) is 42.2 Å². The quantitative estimate of drug-likeness (QED) is 0.312. The second kappa shape index (κ2) is 12.0. The third-order valence-electron chi connectivity index (χ3n) is 7.20. The molecule has 2 aromatic carbocycles. The number of hydrazine groups is 1. The molecule has 1 amide bonds. The van der Waals surface area contributed by atoms with Crippen molar-refractivity contribution in [3.8, 4) is 5.75 Å². The highest BCUT2D eigenvalue weighted by Gasteiger charge is 2.37. The molecule has 0 bridgehead atoms. The van der Waals surface area contributed by atoms with Gasteiger partial charge >= 0.3 is 5.97 Å². The van der Waals surface area contributed by atoms with Gasteiger partial charge in [0.25, 0.3) is 5.91 Å². The number of aromatic amines is 1. The minimum atomic E-state index is -0.575. The van der Waals surface area contributed by atoms with Gasteiger partial charge in [0.15, 0.2) is 0 Å². The lowest BCUT2D eigenvalue weighted by molar-refractivity contribution is -0.140. The highest BCUT2D eigenvalue weighted by atomic mass is 19.1. The summed E-state index contributed by atoms with van der Waals surface area (Å²) >= 11 is 0. The number of benzene rings is 2. The summed E-state index contributed by atoms with van der Waals surface area (Å²) in [6.07, 6.45) is 1.19. The number of rotatable bonds is 8. The lowest BCUT2D eigenvalue weighted by Gasteiger charge is -2.29. The smallest absolute Gasteiger partial charge is 0.342 e. The number of H-pyrrole nitrogens is 1. The number of aromatic nitrogens is 1. The van der Waals surface area contributed by atoms with E-state index in [1.54, 1.807) is 55.3 Å². The molecule has 10 heteroatoms. The molecular formula is C31H37FN4O5. The van der Waals surface area contributed by atoms with Crippen molar-refractivity contribution in [3.05, 3.63) is 71.3 Å². The molecule has 0 atom stereocenters. The monoisotopic (exact) mass is 564 g/mol. The van der Waals surface area contributed by atoms with Crippen molar-refractivity contribution in [2.24, 2.45) is 0 Å². The molecule has 0 saturated carbocycles. The molecule has 218 valence electrons. The van der Waals surface area contributed by atoms with Crippen LogP contribution in [-0.4, -0.2) is 78.9 Å². The topological polar surface area (TPSA) is 96.1 Å². The summed E-state index contributed by atoms with van der Waals surface area (Å²) in [4.78, 5) is 31.9. The zero-order valence-corrected chi connectivity index (χ0v) is 24.0. The number of nitrogens with zero attached hydrogens (tertiary/aromatic N) is 2. The van der Waals surface area contributed by atoms with Crippen LogP contribution in [0.5, 0.6) is 5.75 Å². The van der Waals surface area contributed by atoms with Gasteiger partial charge in [-0.2, -0.15) is 0 Å². The maximum Gasteiger partial charge on any atom is 0.342 e. The molecule has 3 heterocycles. The van der Waals surface area contributed by atoms with Gasteiger partial charge in [-0.25, -0.2) is 14.2 Å². The second-order valence-corrected chi connectivity index (χ2v) is 11.3. The first-order valence-corrected chi connectivity index (χ1v) is 14.0. The number of esters is 1. The first-order valence-electron chi connectivity index (χ1n) is 14.0. The van der Waals surface area contributed by atoms with E-state index in [0.717, 1.165) is 37.3 Å². The fourth-order valence-corrected chi connectivity index (χ4v) is 5.36. The van der Waals surface area contributed by atoms with Crippen LogP contribution in [0.4, 0.5) is 4.39 Å². The number of morpholine rings is 1. The molecule has 2 aliphatic rings. The zero-order chi connectivity index (χ0) is 29.1. The Kier molecular flexibility index (Phi) is 8.44. The van der Waals surface area contributed by atoms with Crippen molar-refractivity contribution < 1.29 is 28.2 Å². The number of carbonyl (C=O) groups is 2. The van der Waals surface area contributed by atoms with E-state index in [1.165, 1.54) is 12.1 Å². The lowest BCUT2D eigenvalue weighted by Crippen LogP contribution is -2.46. The van der Waals surface area contributed by atoms with E-state index in [-0.39, 0.29) is 23.4 Å². The molecule has 41 heavy (non-hydrogen) atoms. The summed E-state index contributed by atoms with van der Waals surface area (Å²) in [5, 5.41) is 2.92. The van der Waals surface area contributed by atoms with E-state index in [2.05, 4.69) is 15.4 Å². The van der Waals surface area contributed by atoms with Crippen molar-refractivity contribution >= 4 is 28.4 Å². The van der Waals surface area contributed by atoms with Crippen LogP contribution in [0.1, 0.15) is 49.3 Å². The first-order chi connectivity index (χ1) is 19.6. The Hall–Kier alpha value is -3.73. The van der Waals surface area contributed by atoms with E-state index in [9.17, 15) is 14.0 Å². The van der Waals surface area contributed by atoms with Crippen molar-refractivity contribution in [3.63, 3.8) is 0 Å². The van der Waals surface area contributed by atoms with Crippen LogP contribution in [0, 0.1) is 5.82 Å². The van der Waals surface area contributed by atoms with Gasteiger partial charge in [0.1, 0.15) is 18.2 Å². The van der Waals surface area contributed by atoms with Crippen LogP contribution >= 0.6 is 0 Å². The Bertz CT molecular complexity index is 1440. The van der Waals surface area contributed by atoms with Gasteiger partial charge in [0.05, 0.1) is 30.6 Å². The Morgan fingerprint density at radius 1 is 1.12 bits per heavy atom. The SMILES string of the molecule is CC(C)OC(=O)C1=CN(C(=O)c2ccc(OCCNN3CCOCC3)cc2)CC(C)(C)c2c1[nH]c1cc(F)ccc21. The molecule has 9 nitrogen and oxygen atoms in total. The largest absolute Gasteiger partial charge is 0.492 e. The van der Waals surface area contributed by atoms with Gasteiger partial charge in [-0.15, -0.1) is 0 Å². The summed E-state index contributed by atoms with van der Waals surface area (Å²) < 4.78 is 30.8. The number of hydrogen-bond acceptors (Lipinski definition) is 7. The molecule has 1 aromatic heterocycles. The van der Waals surface area contributed by atoms with E-state index in [1.807, 2.05) is 13.8 Å². The lowest BCUT2D eigenvalue weighted by atomic mass is 9.81. The summed E-state index contributed by atoms with van der Waals surface area (Å²) in [5.41, 5.74) is 5.39. The molecule has 3 aromatic rings. The number of nitrogens with one attached hydrogen (secondary N) is 2. The Balaban J connectivity index is 1.37. The standard InChI is InChI=1S/C31H37FN4O5/c1-20(2)41-30(38)25-18-35(19-31(3,4)27-24-10-7-22(32)17-26(24)34-28(25)27)29(37)21-5-8-23(9-6-21)40-14-11-33-36-12-15-39-16-13-36/h5-10,17-18,20,33-34H,11-16,19H2,1-4H3. The third-order valence-corrected chi connectivity index (χ3v) is 7.20. The van der Waals surface area contributed by atoms with Gasteiger partial charge in [-0.05, 0) is 61.9 Å². The van der Waals surface area contributed by atoms with Gasteiger partial charge < -0.3 is 24.1 Å². The van der Waals surface area contributed by atoms with Crippen LogP contribution in [-0.2, 0) is 19.7 Å². The molecule has 2 aliphatic heterocycles. The van der Waals surface area contributed by atoms with Gasteiger partial charge in [0.2, 0.25) is 0 Å². The predicted octanol–water partition coefficient (Wildman–Crippen LogP) is 4.25. The van der Waals surface area contributed by atoms with Crippen molar-refractivity contribution in [1.29, 1.82) is 0 Å². The van der Waals surface area contributed by atoms with Crippen LogP contribution < -0.4 is 10.2 Å². The van der Waals surface area contributed by atoms with Crippen LogP contribution in [0.2, 0.25) is 0 Å². The number of ether oxygens (including phenoxy) is 3. The fourth-order valence-electron chi connectivity index (χ4n) is 5.36. The number of carbonyl (C=O) groups excluding carboxylic acids is 2. The highest BCUT2D eigenvalue weighted by molar-refractivity contribution is 6.18. The van der Waals surface area contributed by atoms with Crippen LogP contribution in [0.25, 0.3) is 16.5 Å².